The van der Waals surface area contributed by atoms with Crippen LogP contribution in [0.1, 0.15) is 37.0 Å². The zero-order chi connectivity index (χ0) is 12.1. The summed E-state index contributed by atoms with van der Waals surface area (Å²) in [6.07, 6.45) is 1.87. The van der Waals surface area contributed by atoms with Gasteiger partial charge in [-0.3, -0.25) is 4.79 Å². The van der Waals surface area contributed by atoms with Gasteiger partial charge in [0.05, 0.1) is 5.02 Å². The zero-order valence-corrected chi connectivity index (χ0v) is 11.7. The van der Waals surface area contributed by atoms with E-state index in [-0.39, 0.29) is 11.9 Å². The van der Waals surface area contributed by atoms with Gasteiger partial charge in [0.25, 0.3) is 5.91 Å². The number of benzene rings is 1. The van der Waals surface area contributed by atoms with Crippen LogP contribution in [0.2, 0.25) is 5.02 Å². The molecule has 88 valence electrons. The minimum Gasteiger partial charge on any atom is -0.349 e. The molecule has 0 bridgehead atoms. The Balaban J connectivity index is 2.76. The van der Waals surface area contributed by atoms with Gasteiger partial charge in [-0.25, -0.2) is 0 Å². The number of halogens is 2. The standard InChI is InChI=1S/C12H15BrClNO/c1-3-9(4-2)15-12(16)8-5-6-10(13)11(14)7-8/h5-7,9H,3-4H2,1-2H3,(H,15,16). The minimum atomic E-state index is -0.0666. The molecule has 0 spiro atoms. The van der Waals surface area contributed by atoms with Crippen LogP contribution in [0.15, 0.2) is 22.7 Å². The molecule has 0 heterocycles. The van der Waals surface area contributed by atoms with Crippen molar-refractivity contribution in [3.8, 4) is 0 Å². The fraction of sp³-hybridized carbons (Fsp3) is 0.417. The largest absolute Gasteiger partial charge is 0.349 e. The molecular formula is C12H15BrClNO. The third-order valence-electron chi connectivity index (χ3n) is 2.50. The van der Waals surface area contributed by atoms with Gasteiger partial charge in [0, 0.05) is 16.1 Å². The SMILES string of the molecule is CCC(CC)NC(=O)c1ccc(Br)c(Cl)c1. The molecule has 1 rings (SSSR count). The van der Waals surface area contributed by atoms with Gasteiger partial charge in [-0.1, -0.05) is 25.4 Å². The second kappa shape index (κ2) is 6.26. The van der Waals surface area contributed by atoms with Gasteiger partial charge in [-0.2, -0.15) is 0 Å². The van der Waals surface area contributed by atoms with Crippen molar-refractivity contribution in [3.63, 3.8) is 0 Å². The summed E-state index contributed by atoms with van der Waals surface area (Å²) in [5.74, 6) is -0.0666. The van der Waals surface area contributed by atoms with Crippen LogP contribution in [0, 0.1) is 0 Å². The third kappa shape index (κ3) is 3.49. The molecular weight excluding hydrogens is 289 g/mol. The van der Waals surface area contributed by atoms with Crippen LogP contribution in [0.3, 0.4) is 0 Å². The van der Waals surface area contributed by atoms with Gasteiger partial charge in [0.2, 0.25) is 0 Å². The molecule has 2 nitrogen and oxygen atoms in total. The molecule has 0 aliphatic carbocycles. The quantitative estimate of drug-likeness (QED) is 0.894. The highest BCUT2D eigenvalue weighted by molar-refractivity contribution is 9.10. The highest BCUT2D eigenvalue weighted by Gasteiger charge is 2.11. The van der Waals surface area contributed by atoms with Gasteiger partial charge in [-0.05, 0) is 47.0 Å². The Labute approximate surface area is 110 Å². The number of amides is 1. The first-order valence-corrected chi connectivity index (χ1v) is 6.51. The molecule has 1 amide bonds. The van der Waals surface area contributed by atoms with E-state index in [0.29, 0.717) is 10.6 Å². The van der Waals surface area contributed by atoms with Gasteiger partial charge in [-0.15, -0.1) is 0 Å². The molecule has 0 unspecified atom stereocenters. The number of hydrogen-bond donors (Lipinski definition) is 1. The summed E-state index contributed by atoms with van der Waals surface area (Å²) in [5.41, 5.74) is 0.597. The van der Waals surface area contributed by atoms with Crippen molar-refractivity contribution in [2.24, 2.45) is 0 Å². The highest BCUT2D eigenvalue weighted by atomic mass is 79.9. The normalized spacial score (nSPS) is 10.6. The zero-order valence-electron chi connectivity index (χ0n) is 9.39. The molecule has 1 N–H and O–H groups in total. The molecule has 1 aromatic carbocycles. The summed E-state index contributed by atoms with van der Waals surface area (Å²) in [6.45, 7) is 4.12. The first-order valence-electron chi connectivity index (χ1n) is 5.34. The number of rotatable bonds is 4. The molecule has 4 heteroatoms. The second-order valence-electron chi connectivity index (χ2n) is 3.62. The van der Waals surface area contributed by atoms with Gasteiger partial charge < -0.3 is 5.32 Å². The summed E-state index contributed by atoms with van der Waals surface area (Å²) < 4.78 is 0.799. The fourth-order valence-electron chi connectivity index (χ4n) is 1.40. The number of carbonyl (C=O) groups excluding carboxylic acids is 1. The van der Waals surface area contributed by atoms with Crippen LogP contribution in [0.5, 0.6) is 0 Å². The van der Waals surface area contributed by atoms with Crippen molar-refractivity contribution >= 4 is 33.4 Å². The van der Waals surface area contributed by atoms with E-state index in [1.54, 1.807) is 18.2 Å². The monoisotopic (exact) mass is 303 g/mol. The topological polar surface area (TPSA) is 29.1 Å². The molecule has 16 heavy (non-hydrogen) atoms. The van der Waals surface area contributed by atoms with Crippen molar-refractivity contribution in [3.05, 3.63) is 33.3 Å². The first kappa shape index (κ1) is 13.5. The maximum Gasteiger partial charge on any atom is 0.251 e. The lowest BCUT2D eigenvalue weighted by atomic mass is 10.1. The van der Waals surface area contributed by atoms with Gasteiger partial charge >= 0.3 is 0 Å². The van der Waals surface area contributed by atoms with Crippen molar-refractivity contribution < 1.29 is 4.79 Å². The van der Waals surface area contributed by atoms with Crippen LogP contribution in [0.25, 0.3) is 0 Å². The van der Waals surface area contributed by atoms with E-state index in [9.17, 15) is 4.79 Å². The Hall–Kier alpha value is -0.540. The predicted molar refractivity (Wildman–Crippen MR) is 71.0 cm³/mol. The highest BCUT2D eigenvalue weighted by Crippen LogP contribution is 2.23. The number of carbonyl (C=O) groups is 1. The summed E-state index contributed by atoms with van der Waals surface area (Å²) in [5, 5.41) is 3.52. The molecule has 0 atom stereocenters. The Morgan fingerprint density at radius 3 is 2.56 bits per heavy atom. The molecule has 0 aliphatic rings. The summed E-state index contributed by atoms with van der Waals surface area (Å²) in [6, 6.07) is 5.44. The molecule has 0 saturated carbocycles. The Bertz CT molecular complexity index is 377. The molecule has 0 aliphatic heterocycles. The van der Waals surface area contributed by atoms with E-state index in [4.69, 9.17) is 11.6 Å². The Kier molecular flexibility index (Phi) is 5.29. The van der Waals surface area contributed by atoms with Crippen molar-refractivity contribution in [2.45, 2.75) is 32.7 Å². The van der Waals surface area contributed by atoms with Crippen molar-refractivity contribution in [1.82, 2.24) is 5.32 Å². The maximum atomic E-state index is 11.9. The van der Waals surface area contributed by atoms with E-state index in [0.717, 1.165) is 17.3 Å². The van der Waals surface area contributed by atoms with E-state index >= 15 is 0 Å². The average molecular weight is 305 g/mol. The molecule has 0 radical (unpaired) electrons. The van der Waals surface area contributed by atoms with Crippen LogP contribution < -0.4 is 5.32 Å². The average Bonchev–Trinajstić information content (AvgIpc) is 2.29. The van der Waals surface area contributed by atoms with Crippen LogP contribution in [-0.4, -0.2) is 11.9 Å². The number of nitrogens with one attached hydrogen (secondary N) is 1. The molecule has 0 fully saturated rings. The maximum absolute atomic E-state index is 11.9. The lowest BCUT2D eigenvalue weighted by Crippen LogP contribution is -2.33. The molecule has 1 aromatic rings. The van der Waals surface area contributed by atoms with E-state index in [1.807, 2.05) is 0 Å². The Morgan fingerprint density at radius 1 is 1.44 bits per heavy atom. The summed E-state index contributed by atoms with van der Waals surface area (Å²) >= 11 is 9.23. The van der Waals surface area contributed by atoms with Crippen LogP contribution in [-0.2, 0) is 0 Å². The van der Waals surface area contributed by atoms with Crippen LogP contribution >= 0.6 is 27.5 Å². The predicted octanol–water partition coefficient (Wildman–Crippen LogP) is 4.02. The smallest absolute Gasteiger partial charge is 0.251 e. The first-order chi connectivity index (χ1) is 7.58. The van der Waals surface area contributed by atoms with Gasteiger partial charge in [0.15, 0.2) is 0 Å². The third-order valence-corrected chi connectivity index (χ3v) is 3.74. The lowest BCUT2D eigenvalue weighted by molar-refractivity contribution is 0.0935. The molecule has 0 aromatic heterocycles. The number of hydrogen-bond acceptors (Lipinski definition) is 1. The Morgan fingerprint density at radius 2 is 2.06 bits per heavy atom. The molecule has 0 saturated heterocycles. The summed E-state index contributed by atoms with van der Waals surface area (Å²) in [4.78, 5) is 11.9. The van der Waals surface area contributed by atoms with E-state index in [2.05, 4.69) is 35.1 Å². The van der Waals surface area contributed by atoms with Gasteiger partial charge in [0.1, 0.15) is 0 Å². The summed E-state index contributed by atoms with van der Waals surface area (Å²) in [7, 11) is 0. The van der Waals surface area contributed by atoms with Crippen LogP contribution in [0.4, 0.5) is 0 Å². The van der Waals surface area contributed by atoms with Crippen molar-refractivity contribution in [2.75, 3.05) is 0 Å². The van der Waals surface area contributed by atoms with E-state index in [1.165, 1.54) is 0 Å². The lowest BCUT2D eigenvalue weighted by Gasteiger charge is -2.14. The minimum absolute atomic E-state index is 0.0666. The van der Waals surface area contributed by atoms with E-state index < -0.39 is 0 Å². The van der Waals surface area contributed by atoms with Crippen molar-refractivity contribution in [1.29, 1.82) is 0 Å². The second-order valence-corrected chi connectivity index (χ2v) is 4.88. The fourth-order valence-corrected chi connectivity index (χ4v) is 1.83.